The van der Waals surface area contributed by atoms with Crippen molar-refractivity contribution in [1.29, 1.82) is 0 Å². The van der Waals surface area contributed by atoms with Gasteiger partial charge in [0.05, 0.1) is 23.1 Å². The van der Waals surface area contributed by atoms with Crippen molar-refractivity contribution in [3.8, 4) is 0 Å². The number of imidazole rings is 2. The molecule has 0 saturated carbocycles. The molecule has 1 aromatic carbocycles. The Kier molecular flexibility index (Phi) is 2.63. The van der Waals surface area contributed by atoms with Gasteiger partial charge in [0.2, 0.25) is 5.78 Å². The van der Waals surface area contributed by atoms with Crippen LogP contribution in [-0.4, -0.2) is 25.0 Å². The summed E-state index contributed by atoms with van der Waals surface area (Å²) in [5.41, 5.74) is 3.74. The van der Waals surface area contributed by atoms with Crippen LogP contribution in [0.5, 0.6) is 0 Å². The quantitative estimate of drug-likeness (QED) is 0.789. The van der Waals surface area contributed by atoms with E-state index in [2.05, 4.69) is 20.9 Å². The third kappa shape index (κ3) is 1.74. The molecule has 0 amide bonds. The molecule has 2 heterocycles. The van der Waals surface area contributed by atoms with Crippen LogP contribution in [0.4, 0.5) is 0 Å². The monoisotopic (exact) mass is 321 g/mol. The van der Waals surface area contributed by atoms with Crippen molar-refractivity contribution in [3.05, 3.63) is 34.1 Å². The number of benzene rings is 1. The van der Waals surface area contributed by atoms with E-state index in [-0.39, 0.29) is 6.42 Å². The van der Waals surface area contributed by atoms with Crippen LogP contribution in [-0.2, 0) is 18.3 Å². The van der Waals surface area contributed by atoms with Gasteiger partial charge in [0, 0.05) is 7.05 Å². The lowest BCUT2D eigenvalue weighted by atomic mass is 10.2. The Morgan fingerprint density at radius 3 is 2.89 bits per heavy atom. The van der Waals surface area contributed by atoms with Gasteiger partial charge in [-0.3, -0.25) is 9.20 Å². The van der Waals surface area contributed by atoms with Gasteiger partial charge < -0.3 is 9.67 Å². The Morgan fingerprint density at radius 2 is 2.21 bits per heavy atom. The molecule has 6 heteroatoms. The van der Waals surface area contributed by atoms with Gasteiger partial charge in [-0.2, -0.15) is 0 Å². The number of nitrogens with zero attached hydrogens (tertiary/aromatic N) is 3. The van der Waals surface area contributed by atoms with E-state index in [9.17, 15) is 4.79 Å². The van der Waals surface area contributed by atoms with E-state index in [1.54, 1.807) is 0 Å². The number of fused-ring (bicyclic) bond motifs is 3. The molecule has 0 aliphatic rings. The summed E-state index contributed by atoms with van der Waals surface area (Å²) >= 11 is 3.49. The smallest absolute Gasteiger partial charge is 0.309 e. The van der Waals surface area contributed by atoms with E-state index in [1.165, 1.54) is 0 Å². The van der Waals surface area contributed by atoms with Crippen LogP contribution in [0.15, 0.2) is 22.8 Å². The van der Waals surface area contributed by atoms with Crippen LogP contribution >= 0.6 is 15.9 Å². The van der Waals surface area contributed by atoms with E-state index >= 15 is 0 Å². The van der Waals surface area contributed by atoms with Crippen molar-refractivity contribution in [3.63, 3.8) is 0 Å². The highest BCUT2D eigenvalue weighted by molar-refractivity contribution is 9.10. The van der Waals surface area contributed by atoms with Crippen molar-refractivity contribution >= 4 is 38.7 Å². The fourth-order valence-corrected chi connectivity index (χ4v) is 3.07. The lowest BCUT2D eigenvalue weighted by molar-refractivity contribution is -0.136. The van der Waals surface area contributed by atoms with Crippen LogP contribution in [0, 0.1) is 6.92 Å². The molecule has 0 unspecified atom stereocenters. The maximum atomic E-state index is 10.9. The second-order valence-corrected chi connectivity index (χ2v) is 5.36. The minimum absolute atomic E-state index is 0.0339. The lowest BCUT2D eigenvalue weighted by Gasteiger charge is -2.00. The summed E-state index contributed by atoms with van der Waals surface area (Å²) in [7, 11) is 1.83. The van der Waals surface area contributed by atoms with E-state index in [4.69, 9.17) is 5.11 Å². The van der Waals surface area contributed by atoms with Gasteiger partial charge in [-0.1, -0.05) is 6.07 Å². The molecule has 0 bridgehead atoms. The summed E-state index contributed by atoms with van der Waals surface area (Å²) in [5, 5.41) is 8.96. The molecule has 3 aromatic rings. The number of carbonyl (C=O) groups is 1. The van der Waals surface area contributed by atoms with Crippen LogP contribution in [0.25, 0.3) is 16.8 Å². The zero-order valence-electron chi connectivity index (χ0n) is 10.5. The summed E-state index contributed by atoms with van der Waals surface area (Å²) < 4.78 is 4.50. The Bertz CT molecular complexity index is 816. The molecule has 3 rings (SSSR count). The summed E-state index contributed by atoms with van der Waals surface area (Å²) in [5.74, 6) is -0.117. The maximum absolute atomic E-state index is 10.9. The fourth-order valence-electron chi connectivity index (χ4n) is 2.32. The molecule has 0 fully saturated rings. The Hall–Kier alpha value is -1.82. The maximum Gasteiger partial charge on any atom is 0.309 e. The molecular weight excluding hydrogens is 310 g/mol. The molecular formula is C13H12BrN3O2. The first-order valence-corrected chi connectivity index (χ1v) is 6.62. The Labute approximate surface area is 117 Å². The van der Waals surface area contributed by atoms with E-state index in [0.29, 0.717) is 5.69 Å². The van der Waals surface area contributed by atoms with Gasteiger partial charge >= 0.3 is 5.97 Å². The topological polar surface area (TPSA) is 59.5 Å². The third-order valence-corrected chi connectivity index (χ3v) is 4.06. The molecule has 0 spiro atoms. The van der Waals surface area contributed by atoms with E-state index in [0.717, 1.165) is 27.0 Å². The standard InChI is InChI=1S/C13H12BrN3O2/c1-7-3-4-9-8(5-7)15-13-16(2)10(6-11(18)19)12(14)17(9)13/h3-5H,6H2,1-2H3,(H,18,19). The fraction of sp³-hybridized carbons (Fsp3) is 0.231. The van der Waals surface area contributed by atoms with Crippen molar-refractivity contribution in [2.24, 2.45) is 7.05 Å². The molecule has 19 heavy (non-hydrogen) atoms. The summed E-state index contributed by atoms with van der Waals surface area (Å²) in [6.45, 7) is 2.02. The molecule has 1 N–H and O–H groups in total. The Balaban J connectivity index is 2.37. The zero-order chi connectivity index (χ0) is 13.7. The average Bonchev–Trinajstić information content (AvgIpc) is 2.80. The van der Waals surface area contributed by atoms with Crippen LogP contribution < -0.4 is 0 Å². The minimum atomic E-state index is -0.857. The molecule has 0 radical (unpaired) electrons. The number of aromatic nitrogens is 3. The average molecular weight is 322 g/mol. The number of carboxylic acids is 1. The van der Waals surface area contributed by atoms with Gasteiger partial charge in [-0.05, 0) is 40.5 Å². The van der Waals surface area contributed by atoms with Gasteiger partial charge in [0.25, 0.3) is 0 Å². The van der Waals surface area contributed by atoms with Crippen molar-refractivity contribution < 1.29 is 9.90 Å². The number of aryl methyl sites for hydroxylation is 2. The van der Waals surface area contributed by atoms with Crippen molar-refractivity contribution in [2.45, 2.75) is 13.3 Å². The highest BCUT2D eigenvalue weighted by Crippen LogP contribution is 2.27. The second kappa shape index (κ2) is 4.09. The molecule has 2 aromatic heterocycles. The summed E-state index contributed by atoms with van der Waals surface area (Å²) in [6.07, 6.45) is -0.0339. The largest absolute Gasteiger partial charge is 0.481 e. The second-order valence-electron chi connectivity index (χ2n) is 4.61. The van der Waals surface area contributed by atoms with Gasteiger partial charge in [0.15, 0.2) is 0 Å². The van der Waals surface area contributed by atoms with Crippen LogP contribution in [0.1, 0.15) is 11.3 Å². The highest BCUT2D eigenvalue weighted by Gasteiger charge is 2.19. The summed E-state index contributed by atoms with van der Waals surface area (Å²) in [6, 6.07) is 6.04. The number of hydrogen-bond donors (Lipinski definition) is 1. The van der Waals surface area contributed by atoms with Crippen LogP contribution in [0.2, 0.25) is 0 Å². The predicted octanol–water partition coefficient (Wildman–Crippen LogP) is 2.52. The number of carboxylic acid groups (broad SMARTS) is 1. The van der Waals surface area contributed by atoms with Gasteiger partial charge in [-0.15, -0.1) is 0 Å². The van der Waals surface area contributed by atoms with Crippen LogP contribution in [0.3, 0.4) is 0 Å². The number of aliphatic carboxylic acids is 1. The van der Waals surface area contributed by atoms with Crippen molar-refractivity contribution in [2.75, 3.05) is 0 Å². The third-order valence-electron chi connectivity index (χ3n) is 3.25. The van der Waals surface area contributed by atoms with E-state index in [1.807, 2.05) is 41.1 Å². The minimum Gasteiger partial charge on any atom is -0.481 e. The molecule has 0 aliphatic carbocycles. The van der Waals surface area contributed by atoms with Crippen molar-refractivity contribution in [1.82, 2.24) is 14.0 Å². The highest BCUT2D eigenvalue weighted by atomic mass is 79.9. The number of hydrogen-bond acceptors (Lipinski definition) is 2. The summed E-state index contributed by atoms with van der Waals surface area (Å²) in [4.78, 5) is 15.5. The normalized spacial score (nSPS) is 11.5. The zero-order valence-corrected chi connectivity index (χ0v) is 12.1. The predicted molar refractivity (Wildman–Crippen MR) is 75.4 cm³/mol. The first kappa shape index (κ1) is 12.2. The van der Waals surface area contributed by atoms with Gasteiger partial charge in [-0.25, -0.2) is 4.98 Å². The van der Waals surface area contributed by atoms with Gasteiger partial charge in [0.1, 0.15) is 4.60 Å². The first-order valence-electron chi connectivity index (χ1n) is 5.82. The molecule has 5 nitrogen and oxygen atoms in total. The SMILES string of the molecule is Cc1ccc2c(c1)nc1n(C)c(CC(=O)O)c(Br)n21. The van der Waals surface area contributed by atoms with E-state index < -0.39 is 5.97 Å². The molecule has 0 atom stereocenters. The Morgan fingerprint density at radius 1 is 1.47 bits per heavy atom. The number of halogens is 1. The lowest BCUT2D eigenvalue weighted by Crippen LogP contribution is -2.05. The molecule has 0 aliphatic heterocycles. The first-order chi connectivity index (χ1) is 8.99. The number of rotatable bonds is 2. The molecule has 98 valence electrons. The molecule has 0 saturated heterocycles.